The van der Waals surface area contributed by atoms with E-state index in [0.29, 0.717) is 16.8 Å². The van der Waals surface area contributed by atoms with Crippen molar-refractivity contribution in [3.8, 4) is 23.0 Å². The highest BCUT2D eigenvalue weighted by Crippen LogP contribution is 2.42. The first-order valence-corrected chi connectivity index (χ1v) is 9.39. The standard InChI is InChI=1S/C21H23BrO5/c1-4-5-12-27-15-9-6-14(7-10-15)8-11-16(23)19-17(25-2)13-18(26-3)20(22)21(19)24/h6-11,13,24H,4-5,12H2,1-3H3/b11-8+. The molecule has 6 heteroatoms. The summed E-state index contributed by atoms with van der Waals surface area (Å²) in [6.45, 7) is 2.80. The quantitative estimate of drug-likeness (QED) is 0.331. The lowest BCUT2D eigenvalue weighted by molar-refractivity contribution is 0.104. The van der Waals surface area contributed by atoms with Crippen LogP contribution in [0.3, 0.4) is 0 Å². The summed E-state index contributed by atoms with van der Waals surface area (Å²) in [4.78, 5) is 12.6. The summed E-state index contributed by atoms with van der Waals surface area (Å²) in [5, 5.41) is 10.4. The number of halogens is 1. The molecule has 0 heterocycles. The van der Waals surface area contributed by atoms with Gasteiger partial charge in [-0.05, 0) is 46.1 Å². The number of phenols is 1. The van der Waals surface area contributed by atoms with E-state index in [1.165, 1.54) is 20.3 Å². The first-order chi connectivity index (χ1) is 13.0. The van der Waals surface area contributed by atoms with Gasteiger partial charge in [0.1, 0.15) is 33.0 Å². The molecule has 0 radical (unpaired) electrons. The second-order valence-corrected chi connectivity index (χ2v) is 6.58. The van der Waals surface area contributed by atoms with Gasteiger partial charge >= 0.3 is 0 Å². The zero-order valence-corrected chi connectivity index (χ0v) is 17.2. The number of carbonyl (C=O) groups excluding carboxylic acids is 1. The van der Waals surface area contributed by atoms with Crippen LogP contribution >= 0.6 is 15.9 Å². The summed E-state index contributed by atoms with van der Waals surface area (Å²) in [6.07, 6.45) is 5.16. The molecular weight excluding hydrogens is 412 g/mol. The minimum absolute atomic E-state index is 0.0703. The van der Waals surface area contributed by atoms with Crippen LogP contribution in [0.4, 0.5) is 0 Å². The maximum absolute atomic E-state index is 12.6. The Balaban J connectivity index is 2.18. The maximum Gasteiger partial charge on any atom is 0.193 e. The smallest absolute Gasteiger partial charge is 0.193 e. The third-order valence-electron chi connectivity index (χ3n) is 3.93. The van der Waals surface area contributed by atoms with Crippen molar-refractivity contribution in [1.82, 2.24) is 0 Å². The molecule has 0 spiro atoms. The van der Waals surface area contributed by atoms with Gasteiger partial charge in [0.2, 0.25) is 0 Å². The fourth-order valence-electron chi connectivity index (χ4n) is 2.41. The SMILES string of the molecule is CCCCOc1ccc(/C=C/C(=O)c2c(OC)cc(OC)c(Br)c2O)cc1. The summed E-state index contributed by atoms with van der Waals surface area (Å²) < 4.78 is 16.3. The number of ketones is 1. The van der Waals surface area contributed by atoms with E-state index in [4.69, 9.17) is 14.2 Å². The van der Waals surface area contributed by atoms with Gasteiger partial charge in [-0.2, -0.15) is 0 Å². The Morgan fingerprint density at radius 1 is 1.15 bits per heavy atom. The molecule has 2 aromatic carbocycles. The monoisotopic (exact) mass is 434 g/mol. The van der Waals surface area contributed by atoms with E-state index < -0.39 is 0 Å². The summed E-state index contributed by atoms with van der Waals surface area (Å²) >= 11 is 3.23. The van der Waals surface area contributed by atoms with Crippen LogP contribution in [0.2, 0.25) is 0 Å². The number of ether oxygens (including phenoxy) is 3. The van der Waals surface area contributed by atoms with E-state index in [9.17, 15) is 9.90 Å². The predicted molar refractivity (Wildman–Crippen MR) is 109 cm³/mol. The maximum atomic E-state index is 12.6. The van der Waals surface area contributed by atoms with E-state index in [-0.39, 0.29) is 22.8 Å². The normalized spacial score (nSPS) is 10.8. The van der Waals surface area contributed by atoms with E-state index in [2.05, 4.69) is 22.9 Å². The van der Waals surface area contributed by atoms with Gasteiger partial charge in [0.05, 0.1) is 20.8 Å². The third kappa shape index (κ3) is 5.26. The Kier molecular flexibility index (Phi) is 7.73. The molecule has 0 aliphatic heterocycles. The molecule has 0 aromatic heterocycles. The summed E-state index contributed by atoms with van der Waals surface area (Å²) in [6, 6.07) is 9.01. The number of carbonyl (C=O) groups is 1. The Bertz CT molecular complexity index is 812. The molecule has 0 bridgehead atoms. The molecular formula is C21H23BrO5. The van der Waals surface area contributed by atoms with Crippen molar-refractivity contribution < 1.29 is 24.1 Å². The number of hydrogen-bond donors (Lipinski definition) is 1. The highest BCUT2D eigenvalue weighted by molar-refractivity contribution is 9.10. The fraction of sp³-hybridized carbons (Fsp3) is 0.286. The van der Waals surface area contributed by atoms with E-state index in [1.54, 1.807) is 12.1 Å². The van der Waals surface area contributed by atoms with Crippen LogP contribution in [-0.4, -0.2) is 31.7 Å². The van der Waals surface area contributed by atoms with Gasteiger partial charge in [0, 0.05) is 6.07 Å². The lowest BCUT2D eigenvalue weighted by atomic mass is 10.1. The van der Waals surface area contributed by atoms with E-state index in [0.717, 1.165) is 24.2 Å². The van der Waals surface area contributed by atoms with Gasteiger partial charge in [-0.15, -0.1) is 0 Å². The van der Waals surface area contributed by atoms with Crippen molar-refractivity contribution in [2.75, 3.05) is 20.8 Å². The molecule has 0 saturated heterocycles. The lowest BCUT2D eigenvalue weighted by Crippen LogP contribution is -2.01. The van der Waals surface area contributed by atoms with Crippen LogP contribution in [0, 0.1) is 0 Å². The number of aromatic hydroxyl groups is 1. The molecule has 2 rings (SSSR count). The van der Waals surface area contributed by atoms with Crippen molar-refractivity contribution >= 4 is 27.8 Å². The predicted octanol–water partition coefficient (Wildman–Crippen LogP) is 5.25. The molecule has 5 nitrogen and oxygen atoms in total. The molecule has 0 fully saturated rings. The minimum atomic E-state index is -0.379. The Morgan fingerprint density at radius 2 is 1.81 bits per heavy atom. The Hall–Kier alpha value is -2.47. The van der Waals surface area contributed by atoms with Crippen molar-refractivity contribution in [2.45, 2.75) is 19.8 Å². The second kappa shape index (κ2) is 10.0. The molecule has 0 atom stereocenters. The summed E-state index contributed by atoms with van der Waals surface area (Å²) in [7, 11) is 2.90. The number of benzene rings is 2. The van der Waals surface area contributed by atoms with Gasteiger partial charge in [0.15, 0.2) is 5.78 Å². The molecule has 0 aliphatic carbocycles. The minimum Gasteiger partial charge on any atom is -0.506 e. The Labute approximate surface area is 167 Å². The fourth-order valence-corrected chi connectivity index (χ4v) is 2.88. The Morgan fingerprint density at radius 3 is 2.41 bits per heavy atom. The molecule has 0 saturated carbocycles. The highest BCUT2D eigenvalue weighted by Gasteiger charge is 2.21. The number of methoxy groups -OCH3 is 2. The molecule has 2 aromatic rings. The van der Waals surface area contributed by atoms with Crippen molar-refractivity contribution in [3.05, 3.63) is 52.0 Å². The van der Waals surface area contributed by atoms with Crippen LogP contribution in [0.1, 0.15) is 35.7 Å². The first-order valence-electron chi connectivity index (χ1n) is 8.60. The van der Waals surface area contributed by atoms with Crippen LogP contribution in [-0.2, 0) is 0 Å². The van der Waals surface area contributed by atoms with Gasteiger partial charge in [-0.3, -0.25) is 4.79 Å². The topological polar surface area (TPSA) is 65.0 Å². The number of allylic oxidation sites excluding steroid dienone is 1. The average Bonchev–Trinajstić information content (AvgIpc) is 2.69. The van der Waals surface area contributed by atoms with Gasteiger partial charge in [0.25, 0.3) is 0 Å². The highest BCUT2D eigenvalue weighted by atomic mass is 79.9. The van der Waals surface area contributed by atoms with Crippen molar-refractivity contribution in [1.29, 1.82) is 0 Å². The van der Waals surface area contributed by atoms with Crippen LogP contribution < -0.4 is 14.2 Å². The first kappa shape index (κ1) is 20.8. The van der Waals surface area contributed by atoms with E-state index >= 15 is 0 Å². The van der Waals surface area contributed by atoms with E-state index in [1.807, 2.05) is 24.3 Å². The van der Waals surface area contributed by atoms with Gasteiger partial charge < -0.3 is 19.3 Å². The van der Waals surface area contributed by atoms with Crippen molar-refractivity contribution in [3.63, 3.8) is 0 Å². The zero-order valence-electron chi connectivity index (χ0n) is 15.6. The van der Waals surface area contributed by atoms with Crippen LogP contribution in [0.25, 0.3) is 6.08 Å². The van der Waals surface area contributed by atoms with Crippen LogP contribution in [0.5, 0.6) is 23.0 Å². The molecule has 1 N–H and O–H groups in total. The molecule has 27 heavy (non-hydrogen) atoms. The molecule has 0 aliphatic rings. The number of phenolic OH excluding ortho intramolecular Hbond substituents is 1. The number of hydrogen-bond acceptors (Lipinski definition) is 5. The molecule has 144 valence electrons. The van der Waals surface area contributed by atoms with Gasteiger partial charge in [-0.1, -0.05) is 31.6 Å². The molecule has 0 amide bonds. The van der Waals surface area contributed by atoms with Crippen LogP contribution in [0.15, 0.2) is 40.9 Å². The third-order valence-corrected chi connectivity index (χ3v) is 4.70. The van der Waals surface area contributed by atoms with Crippen molar-refractivity contribution in [2.24, 2.45) is 0 Å². The number of rotatable bonds is 9. The summed E-state index contributed by atoms with van der Waals surface area (Å²) in [5.41, 5.74) is 0.915. The average molecular weight is 435 g/mol. The number of unbranched alkanes of at least 4 members (excludes halogenated alkanes) is 1. The van der Waals surface area contributed by atoms with Gasteiger partial charge in [-0.25, -0.2) is 0 Å². The molecule has 0 unspecified atom stereocenters. The lowest BCUT2D eigenvalue weighted by Gasteiger charge is -2.13. The zero-order chi connectivity index (χ0) is 19.8. The second-order valence-electron chi connectivity index (χ2n) is 5.79. The summed E-state index contributed by atoms with van der Waals surface area (Å²) in [5.74, 6) is 0.812. The largest absolute Gasteiger partial charge is 0.506 e.